The Hall–Kier alpha value is -1.37. The summed E-state index contributed by atoms with van der Waals surface area (Å²) in [5, 5.41) is 0. The number of rotatable bonds is 12. The SMILES string of the molecule is CC=CCCC(C)=C(C)CCC(C)=CCCC(C)=CCCC(C)=O. The number of carbonyl (C=O) groups is 1. The molecule has 0 N–H and O–H groups in total. The van der Waals surface area contributed by atoms with E-state index in [1.165, 1.54) is 30.4 Å². The van der Waals surface area contributed by atoms with Gasteiger partial charge in [-0.2, -0.15) is 0 Å². The van der Waals surface area contributed by atoms with Gasteiger partial charge in [-0.3, -0.25) is 0 Å². The smallest absolute Gasteiger partial charge is 0.130 e. The fourth-order valence-electron chi connectivity index (χ4n) is 2.55. The average molecular weight is 331 g/mol. The minimum Gasteiger partial charge on any atom is -0.300 e. The highest BCUT2D eigenvalue weighted by atomic mass is 16.1. The van der Waals surface area contributed by atoms with Gasteiger partial charge in [0.1, 0.15) is 5.78 Å². The Kier molecular flexibility index (Phi) is 13.2. The van der Waals surface area contributed by atoms with E-state index in [-0.39, 0.29) is 5.78 Å². The summed E-state index contributed by atoms with van der Waals surface area (Å²) in [7, 11) is 0. The van der Waals surface area contributed by atoms with Crippen LogP contribution in [0, 0.1) is 0 Å². The molecule has 0 fully saturated rings. The first-order valence-corrected chi connectivity index (χ1v) is 9.43. The summed E-state index contributed by atoms with van der Waals surface area (Å²) < 4.78 is 0. The normalized spacial score (nSPS) is 14.2. The quantitative estimate of drug-likeness (QED) is 0.338. The highest BCUT2D eigenvalue weighted by molar-refractivity contribution is 5.75. The average Bonchev–Trinajstić information content (AvgIpc) is 2.52. The van der Waals surface area contributed by atoms with E-state index >= 15 is 0 Å². The van der Waals surface area contributed by atoms with Crippen LogP contribution in [0.5, 0.6) is 0 Å². The van der Waals surface area contributed by atoms with Gasteiger partial charge in [-0.15, -0.1) is 0 Å². The highest BCUT2D eigenvalue weighted by Gasteiger charge is 1.99. The van der Waals surface area contributed by atoms with Crippen molar-refractivity contribution in [3.8, 4) is 0 Å². The van der Waals surface area contributed by atoms with E-state index in [2.05, 4.69) is 58.9 Å². The lowest BCUT2D eigenvalue weighted by molar-refractivity contribution is -0.116. The molecular formula is C23H38O. The maximum atomic E-state index is 10.9. The van der Waals surface area contributed by atoms with E-state index in [9.17, 15) is 4.79 Å². The Labute approximate surface area is 150 Å². The molecule has 0 aromatic heterocycles. The van der Waals surface area contributed by atoms with E-state index in [1.807, 2.05) is 0 Å². The highest BCUT2D eigenvalue weighted by Crippen LogP contribution is 2.19. The first kappa shape index (κ1) is 22.6. The standard InChI is InChI=1S/C23H38O/c1-7-8-9-15-21(4)22(5)18-17-20(3)13-10-12-19(2)14-11-16-23(6)24/h7-8,13-14H,9-12,15-18H2,1-6H3. The minimum absolute atomic E-state index is 0.277. The van der Waals surface area contributed by atoms with Crippen molar-refractivity contribution in [3.05, 3.63) is 46.6 Å². The molecule has 0 aromatic carbocycles. The Morgan fingerprint density at radius 2 is 1.21 bits per heavy atom. The summed E-state index contributed by atoms with van der Waals surface area (Å²) >= 11 is 0. The van der Waals surface area contributed by atoms with E-state index in [0.717, 1.165) is 25.7 Å². The lowest BCUT2D eigenvalue weighted by Gasteiger charge is -2.08. The van der Waals surface area contributed by atoms with E-state index in [4.69, 9.17) is 0 Å². The van der Waals surface area contributed by atoms with Crippen LogP contribution in [0.2, 0.25) is 0 Å². The predicted octanol–water partition coefficient (Wildman–Crippen LogP) is 7.50. The molecule has 0 bridgehead atoms. The summed E-state index contributed by atoms with van der Waals surface area (Å²) in [6.45, 7) is 12.7. The van der Waals surface area contributed by atoms with Crippen molar-refractivity contribution in [1.82, 2.24) is 0 Å². The lowest BCUT2D eigenvalue weighted by atomic mass is 9.99. The first-order valence-electron chi connectivity index (χ1n) is 9.43. The molecule has 0 aliphatic rings. The third-order valence-corrected chi connectivity index (χ3v) is 4.57. The van der Waals surface area contributed by atoms with Crippen molar-refractivity contribution in [3.63, 3.8) is 0 Å². The zero-order chi connectivity index (χ0) is 18.4. The van der Waals surface area contributed by atoms with Crippen molar-refractivity contribution in [2.75, 3.05) is 0 Å². The fraction of sp³-hybridized carbons (Fsp3) is 0.609. The molecule has 0 unspecified atom stereocenters. The van der Waals surface area contributed by atoms with Gasteiger partial charge in [0.15, 0.2) is 0 Å². The molecule has 0 amide bonds. The number of hydrogen-bond acceptors (Lipinski definition) is 1. The molecule has 0 rings (SSSR count). The molecule has 1 heteroatoms. The molecule has 136 valence electrons. The molecule has 0 spiro atoms. The maximum Gasteiger partial charge on any atom is 0.130 e. The van der Waals surface area contributed by atoms with Crippen molar-refractivity contribution in [2.24, 2.45) is 0 Å². The largest absolute Gasteiger partial charge is 0.300 e. The first-order chi connectivity index (χ1) is 11.4. The minimum atomic E-state index is 0.277. The summed E-state index contributed by atoms with van der Waals surface area (Å²) in [6, 6.07) is 0. The number of allylic oxidation sites excluding steroid dienone is 8. The third kappa shape index (κ3) is 13.1. The molecule has 24 heavy (non-hydrogen) atoms. The van der Waals surface area contributed by atoms with Crippen molar-refractivity contribution in [1.29, 1.82) is 0 Å². The molecule has 1 nitrogen and oxygen atoms in total. The molecule has 0 heterocycles. The van der Waals surface area contributed by atoms with Crippen LogP contribution < -0.4 is 0 Å². The Balaban J connectivity index is 4.14. The van der Waals surface area contributed by atoms with E-state index < -0.39 is 0 Å². The van der Waals surface area contributed by atoms with Gasteiger partial charge >= 0.3 is 0 Å². The number of Topliss-reactive ketones (excluding diaryl/α,β-unsaturated/α-hetero) is 1. The Bertz CT molecular complexity index is 486. The molecule has 0 saturated carbocycles. The van der Waals surface area contributed by atoms with Crippen LogP contribution in [-0.2, 0) is 4.79 Å². The van der Waals surface area contributed by atoms with Gasteiger partial charge in [0.25, 0.3) is 0 Å². The van der Waals surface area contributed by atoms with E-state index in [1.54, 1.807) is 18.1 Å². The number of carbonyl (C=O) groups excluding carboxylic acids is 1. The molecule has 0 aliphatic heterocycles. The third-order valence-electron chi connectivity index (χ3n) is 4.57. The second kappa shape index (κ2) is 14.0. The molecule has 0 radical (unpaired) electrons. The van der Waals surface area contributed by atoms with Crippen molar-refractivity contribution >= 4 is 5.78 Å². The van der Waals surface area contributed by atoms with Gasteiger partial charge in [0, 0.05) is 6.42 Å². The second-order valence-electron chi connectivity index (χ2n) is 7.05. The number of ketones is 1. The maximum absolute atomic E-state index is 10.9. The molecular weight excluding hydrogens is 292 g/mol. The van der Waals surface area contributed by atoms with Gasteiger partial charge < -0.3 is 4.79 Å². The van der Waals surface area contributed by atoms with Gasteiger partial charge in [0.2, 0.25) is 0 Å². The molecule has 0 saturated heterocycles. The molecule has 0 aliphatic carbocycles. The zero-order valence-corrected chi connectivity index (χ0v) is 16.9. The molecule has 0 aromatic rings. The fourth-order valence-corrected chi connectivity index (χ4v) is 2.55. The van der Waals surface area contributed by atoms with Crippen LogP contribution in [0.15, 0.2) is 46.6 Å². The Morgan fingerprint density at radius 3 is 1.79 bits per heavy atom. The van der Waals surface area contributed by atoms with Crippen molar-refractivity contribution in [2.45, 2.75) is 92.9 Å². The van der Waals surface area contributed by atoms with Crippen LogP contribution in [0.3, 0.4) is 0 Å². The van der Waals surface area contributed by atoms with Gasteiger partial charge in [0.05, 0.1) is 0 Å². The zero-order valence-electron chi connectivity index (χ0n) is 16.9. The van der Waals surface area contributed by atoms with Crippen LogP contribution in [-0.4, -0.2) is 5.78 Å². The summed E-state index contributed by atoms with van der Waals surface area (Å²) in [6.07, 6.45) is 17.4. The van der Waals surface area contributed by atoms with Crippen LogP contribution in [0.1, 0.15) is 92.9 Å². The predicted molar refractivity (Wildman–Crippen MR) is 108 cm³/mol. The van der Waals surface area contributed by atoms with Gasteiger partial charge in [-0.25, -0.2) is 0 Å². The Morgan fingerprint density at radius 1 is 0.667 bits per heavy atom. The van der Waals surface area contributed by atoms with Crippen LogP contribution in [0.4, 0.5) is 0 Å². The topological polar surface area (TPSA) is 17.1 Å². The summed E-state index contributed by atoms with van der Waals surface area (Å²) in [5.41, 5.74) is 5.99. The molecule has 0 atom stereocenters. The van der Waals surface area contributed by atoms with Crippen LogP contribution >= 0.6 is 0 Å². The number of hydrogen-bond donors (Lipinski definition) is 0. The summed E-state index contributed by atoms with van der Waals surface area (Å²) in [5.74, 6) is 0.277. The van der Waals surface area contributed by atoms with Crippen LogP contribution in [0.25, 0.3) is 0 Å². The van der Waals surface area contributed by atoms with Crippen molar-refractivity contribution < 1.29 is 4.79 Å². The lowest BCUT2D eigenvalue weighted by Crippen LogP contribution is -1.88. The van der Waals surface area contributed by atoms with Gasteiger partial charge in [-0.1, -0.05) is 46.6 Å². The van der Waals surface area contributed by atoms with E-state index in [0.29, 0.717) is 6.42 Å². The van der Waals surface area contributed by atoms with Gasteiger partial charge in [-0.05, 0) is 86.5 Å². The monoisotopic (exact) mass is 330 g/mol. The second-order valence-corrected chi connectivity index (χ2v) is 7.05. The summed E-state index contributed by atoms with van der Waals surface area (Å²) in [4.78, 5) is 10.9.